The second-order valence-electron chi connectivity index (χ2n) is 7.55. The topological polar surface area (TPSA) is 110 Å². The molecule has 0 saturated carbocycles. The second-order valence-corrected chi connectivity index (χ2v) is 8.47. The molecule has 0 bridgehead atoms. The molecule has 0 aliphatic rings. The Morgan fingerprint density at radius 3 is 2.74 bits per heavy atom. The van der Waals surface area contributed by atoms with Crippen LogP contribution in [0.1, 0.15) is 36.7 Å². The number of H-pyrrole nitrogens is 1. The van der Waals surface area contributed by atoms with Crippen molar-refractivity contribution in [3.63, 3.8) is 0 Å². The fourth-order valence-corrected chi connectivity index (χ4v) is 4.66. The number of pyridine rings is 1. The molecule has 5 rings (SSSR count). The Kier molecular flexibility index (Phi) is 5.25. The summed E-state index contributed by atoms with van der Waals surface area (Å²) < 4.78 is 3.47. The van der Waals surface area contributed by atoms with Crippen LogP contribution in [0.3, 0.4) is 0 Å². The summed E-state index contributed by atoms with van der Waals surface area (Å²) in [5, 5.41) is 13.0. The SMILES string of the molecule is CCCCc1nc2c(N)nc3ccsc3c2n1Cc1ccc(CNc2nnc[nH]2)cc1. The number of nitrogens with two attached hydrogens (primary N) is 1. The highest BCUT2D eigenvalue weighted by atomic mass is 32.1. The van der Waals surface area contributed by atoms with Gasteiger partial charge in [0.15, 0.2) is 5.82 Å². The number of imidazole rings is 1. The van der Waals surface area contributed by atoms with Gasteiger partial charge in [-0.1, -0.05) is 37.6 Å². The fourth-order valence-electron chi connectivity index (χ4n) is 3.78. The van der Waals surface area contributed by atoms with Crippen LogP contribution >= 0.6 is 11.3 Å². The third-order valence-corrected chi connectivity index (χ3v) is 6.29. The average Bonchev–Trinajstić information content (AvgIpc) is 3.52. The van der Waals surface area contributed by atoms with Crippen LogP contribution < -0.4 is 11.1 Å². The highest BCUT2D eigenvalue weighted by Gasteiger charge is 2.18. The van der Waals surface area contributed by atoms with Gasteiger partial charge in [0.1, 0.15) is 17.7 Å². The minimum atomic E-state index is 0.506. The zero-order valence-corrected chi connectivity index (χ0v) is 18.1. The summed E-state index contributed by atoms with van der Waals surface area (Å²) >= 11 is 1.69. The number of aromatic nitrogens is 6. The van der Waals surface area contributed by atoms with E-state index in [1.807, 2.05) is 6.07 Å². The number of benzene rings is 1. The smallest absolute Gasteiger partial charge is 0.221 e. The van der Waals surface area contributed by atoms with Crippen molar-refractivity contribution in [3.8, 4) is 0 Å². The monoisotopic (exact) mass is 432 g/mol. The number of nitrogen functional groups attached to an aromatic ring is 1. The lowest BCUT2D eigenvalue weighted by molar-refractivity contribution is 0.690. The summed E-state index contributed by atoms with van der Waals surface area (Å²) in [6.07, 6.45) is 4.70. The number of hydrogen-bond acceptors (Lipinski definition) is 7. The molecule has 0 fully saturated rings. The Morgan fingerprint density at radius 1 is 1.13 bits per heavy atom. The minimum absolute atomic E-state index is 0.506. The maximum absolute atomic E-state index is 6.28. The van der Waals surface area contributed by atoms with Gasteiger partial charge in [-0.15, -0.1) is 21.5 Å². The number of fused-ring (bicyclic) bond motifs is 3. The third-order valence-electron chi connectivity index (χ3n) is 5.38. The fraction of sp³-hybridized carbons (Fsp3) is 0.273. The van der Waals surface area contributed by atoms with Gasteiger partial charge in [-0.05, 0) is 29.0 Å². The van der Waals surface area contributed by atoms with Crippen LogP contribution in [-0.4, -0.2) is 29.7 Å². The molecule has 4 aromatic heterocycles. The van der Waals surface area contributed by atoms with Gasteiger partial charge < -0.3 is 20.6 Å². The lowest BCUT2D eigenvalue weighted by Crippen LogP contribution is -2.06. The predicted octanol–water partition coefficient (Wildman–Crippen LogP) is 4.35. The van der Waals surface area contributed by atoms with E-state index in [1.54, 1.807) is 17.7 Å². The number of nitrogens with zero attached hydrogens (tertiary/aromatic N) is 5. The van der Waals surface area contributed by atoms with Crippen LogP contribution in [0.5, 0.6) is 0 Å². The normalized spacial score (nSPS) is 11.5. The molecule has 8 nitrogen and oxygen atoms in total. The van der Waals surface area contributed by atoms with Gasteiger partial charge in [0.05, 0.1) is 15.7 Å². The number of rotatable bonds is 8. The summed E-state index contributed by atoms with van der Waals surface area (Å²) in [6, 6.07) is 10.6. The van der Waals surface area contributed by atoms with E-state index in [0.29, 0.717) is 18.3 Å². The van der Waals surface area contributed by atoms with E-state index in [9.17, 15) is 0 Å². The van der Waals surface area contributed by atoms with Gasteiger partial charge in [0.2, 0.25) is 5.95 Å². The molecule has 4 N–H and O–H groups in total. The van der Waals surface area contributed by atoms with Crippen molar-refractivity contribution >= 4 is 44.4 Å². The van der Waals surface area contributed by atoms with E-state index in [0.717, 1.165) is 52.9 Å². The van der Waals surface area contributed by atoms with E-state index in [2.05, 4.69) is 66.6 Å². The van der Waals surface area contributed by atoms with Crippen molar-refractivity contribution < 1.29 is 0 Å². The standard InChI is InChI=1S/C22H24N8S/c1-2-3-4-17-28-18-19(20-16(9-10-31-20)27-21(18)23)30(17)12-15-7-5-14(6-8-15)11-24-22-25-13-26-29-22/h5-10,13H,2-4,11-12H2,1H3,(H2,23,27)(H2,24,25,26,29). The molecule has 1 aromatic carbocycles. The van der Waals surface area contributed by atoms with Crippen LogP contribution in [0.15, 0.2) is 42.0 Å². The quantitative estimate of drug-likeness (QED) is 0.336. The van der Waals surface area contributed by atoms with E-state index < -0.39 is 0 Å². The molecular weight excluding hydrogens is 408 g/mol. The number of aryl methyl sites for hydroxylation is 1. The molecule has 31 heavy (non-hydrogen) atoms. The summed E-state index contributed by atoms with van der Waals surface area (Å²) in [7, 11) is 0. The molecule has 158 valence electrons. The second kappa shape index (κ2) is 8.35. The van der Waals surface area contributed by atoms with Crippen molar-refractivity contribution in [1.82, 2.24) is 29.7 Å². The molecule has 0 saturated heterocycles. The van der Waals surface area contributed by atoms with Crippen LogP contribution in [0.25, 0.3) is 21.3 Å². The molecule has 9 heteroatoms. The molecule has 0 amide bonds. The Labute approximate surface area is 183 Å². The lowest BCUT2D eigenvalue weighted by Gasteiger charge is -2.11. The Bertz CT molecular complexity index is 1300. The summed E-state index contributed by atoms with van der Waals surface area (Å²) in [4.78, 5) is 12.4. The minimum Gasteiger partial charge on any atom is -0.382 e. The summed E-state index contributed by atoms with van der Waals surface area (Å²) in [6.45, 7) is 3.64. The highest BCUT2D eigenvalue weighted by molar-refractivity contribution is 7.18. The number of unbranched alkanes of at least 4 members (excludes halogenated alkanes) is 1. The van der Waals surface area contributed by atoms with Gasteiger partial charge >= 0.3 is 0 Å². The van der Waals surface area contributed by atoms with E-state index >= 15 is 0 Å². The molecule has 4 heterocycles. The van der Waals surface area contributed by atoms with Crippen molar-refractivity contribution in [1.29, 1.82) is 0 Å². The maximum Gasteiger partial charge on any atom is 0.221 e. The first kappa shape index (κ1) is 19.5. The van der Waals surface area contributed by atoms with Gasteiger partial charge in [-0.2, -0.15) is 0 Å². The molecule has 0 radical (unpaired) electrons. The molecule has 0 spiro atoms. The van der Waals surface area contributed by atoms with Gasteiger partial charge in [0, 0.05) is 19.5 Å². The lowest BCUT2D eigenvalue weighted by atomic mass is 10.1. The molecule has 0 aliphatic heterocycles. The maximum atomic E-state index is 6.28. The van der Waals surface area contributed by atoms with Crippen LogP contribution in [0.2, 0.25) is 0 Å². The van der Waals surface area contributed by atoms with Crippen molar-refractivity contribution in [3.05, 3.63) is 59.0 Å². The zero-order valence-electron chi connectivity index (χ0n) is 17.3. The van der Waals surface area contributed by atoms with Crippen LogP contribution in [0, 0.1) is 0 Å². The van der Waals surface area contributed by atoms with Gasteiger partial charge in [-0.25, -0.2) is 9.97 Å². The largest absolute Gasteiger partial charge is 0.382 e. The first-order valence-corrected chi connectivity index (χ1v) is 11.3. The van der Waals surface area contributed by atoms with E-state index in [-0.39, 0.29) is 0 Å². The van der Waals surface area contributed by atoms with Crippen LogP contribution in [0.4, 0.5) is 11.8 Å². The molecular formula is C22H24N8S. The molecule has 5 aromatic rings. The number of hydrogen-bond donors (Lipinski definition) is 3. The first-order chi connectivity index (χ1) is 15.2. The predicted molar refractivity (Wildman–Crippen MR) is 125 cm³/mol. The van der Waals surface area contributed by atoms with Gasteiger partial charge in [-0.3, -0.25) is 0 Å². The Balaban J connectivity index is 1.47. The van der Waals surface area contributed by atoms with Crippen molar-refractivity contribution in [2.45, 2.75) is 39.3 Å². The first-order valence-electron chi connectivity index (χ1n) is 10.4. The number of aromatic amines is 1. The number of anilines is 2. The third kappa shape index (κ3) is 3.84. The van der Waals surface area contributed by atoms with E-state index in [1.165, 1.54) is 11.1 Å². The molecule has 0 unspecified atom stereocenters. The highest BCUT2D eigenvalue weighted by Crippen LogP contribution is 2.33. The zero-order chi connectivity index (χ0) is 21.2. The molecule has 0 atom stereocenters. The Hall–Kier alpha value is -3.46. The number of thiophene rings is 1. The molecule has 0 aliphatic carbocycles. The van der Waals surface area contributed by atoms with Crippen molar-refractivity contribution in [2.75, 3.05) is 11.1 Å². The summed E-state index contributed by atoms with van der Waals surface area (Å²) in [5.74, 6) is 2.24. The van der Waals surface area contributed by atoms with E-state index in [4.69, 9.17) is 10.7 Å². The van der Waals surface area contributed by atoms with Crippen molar-refractivity contribution in [2.24, 2.45) is 0 Å². The Morgan fingerprint density at radius 2 is 1.97 bits per heavy atom. The number of nitrogens with one attached hydrogen (secondary N) is 2. The van der Waals surface area contributed by atoms with Gasteiger partial charge in [0.25, 0.3) is 0 Å². The average molecular weight is 433 g/mol. The summed E-state index contributed by atoms with van der Waals surface area (Å²) in [5.41, 5.74) is 11.5. The van der Waals surface area contributed by atoms with Crippen LogP contribution in [-0.2, 0) is 19.5 Å².